The lowest BCUT2D eigenvalue weighted by Crippen LogP contribution is -2.12. The van der Waals surface area contributed by atoms with Gasteiger partial charge in [0.2, 0.25) is 0 Å². The maximum Gasteiger partial charge on any atom is 0.344 e. The molecule has 13 aromatic carbocycles. The molecular formula is C89H66N2O4S. The lowest BCUT2D eigenvalue weighted by molar-refractivity contribution is 0.562. The number of rotatable bonds is 16. The SMILES string of the molecule is Cc1ccc(N(c2ccc(-c3ccccc3)cc2)c2cc(CCc3ccc4ccccc4c3)c3cc(-c4ccc(-c5cc6c(Sc7ccccc7)cc(N(c7ccc(C)cc7)c7ccc(-c8ccccc8)cc7)cc6oc5=O)c(C5CCc6ccccc65)c4)c(=O)oc3c2)cc1. The van der Waals surface area contributed by atoms with Crippen molar-refractivity contribution in [2.24, 2.45) is 0 Å². The van der Waals surface area contributed by atoms with Crippen LogP contribution >= 0.6 is 11.8 Å². The summed E-state index contributed by atoms with van der Waals surface area (Å²) in [5.74, 6) is -0.0785. The summed E-state index contributed by atoms with van der Waals surface area (Å²) in [6.45, 7) is 4.20. The fourth-order valence-electron chi connectivity index (χ4n) is 14.0. The molecule has 0 saturated carbocycles. The van der Waals surface area contributed by atoms with Crippen LogP contribution in [0.2, 0.25) is 0 Å². The molecule has 1 aliphatic rings. The molecule has 15 aromatic rings. The molecule has 2 heterocycles. The molecule has 1 aliphatic carbocycles. The molecule has 0 amide bonds. The number of hydrogen-bond acceptors (Lipinski definition) is 7. The molecule has 0 spiro atoms. The smallest absolute Gasteiger partial charge is 0.344 e. The minimum Gasteiger partial charge on any atom is -0.422 e. The van der Waals surface area contributed by atoms with Crippen LogP contribution in [0.25, 0.3) is 77.2 Å². The van der Waals surface area contributed by atoms with Crippen LogP contribution in [0.15, 0.2) is 338 Å². The molecule has 0 N–H and O–H groups in total. The summed E-state index contributed by atoms with van der Waals surface area (Å²) in [6.07, 6.45) is 3.13. The third kappa shape index (κ3) is 11.9. The Bertz CT molecular complexity index is 5500. The third-order valence-electron chi connectivity index (χ3n) is 18.9. The van der Waals surface area contributed by atoms with Gasteiger partial charge in [-0.05, 0) is 202 Å². The van der Waals surface area contributed by atoms with Gasteiger partial charge in [0.15, 0.2) is 0 Å². The zero-order valence-electron chi connectivity index (χ0n) is 53.3. The summed E-state index contributed by atoms with van der Waals surface area (Å²) in [6, 6.07) is 108. The highest BCUT2D eigenvalue weighted by atomic mass is 32.2. The van der Waals surface area contributed by atoms with E-state index in [4.69, 9.17) is 8.83 Å². The molecule has 7 heteroatoms. The third-order valence-corrected chi connectivity index (χ3v) is 20.0. The summed E-state index contributed by atoms with van der Waals surface area (Å²) in [5, 5.41) is 4.06. The van der Waals surface area contributed by atoms with Crippen molar-refractivity contribution in [2.45, 2.75) is 55.2 Å². The van der Waals surface area contributed by atoms with Gasteiger partial charge in [-0.3, -0.25) is 0 Å². The predicted molar refractivity (Wildman–Crippen MR) is 398 cm³/mol. The topological polar surface area (TPSA) is 66.9 Å². The maximum atomic E-state index is 15.3. The van der Waals surface area contributed by atoms with E-state index in [-0.39, 0.29) is 5.92 Å². The van der Waals surface area contributed by atoms with Crippen LogP contribution in [0, 0.1) is 13.8 Å². The van der Waals surface area contributed by atoms with E-state index >= 15 is 9.59 Å². The molecule has 0 saturated heterocycles. The van der Waals surface area contributed by atoms with E-state index in [0.717, 1.165) is 124 Å². The lowest BCUT2D eigenvalue weighted by atomic mass is 9.85. The maximum absolute atomic E-state index is 15.3. The Hall–Kier alpha value is -11.5. The number of nitrogens with zero attached hydrogens (tertiary/aromatic N) is 2. The molecule has 16 rings (SSSR count). The van der Waals surface area contributed by atoms with Gasteiger partial charge in [-0.1, -0.05) is 229 Å². The van der Waals surface area contributed by atoms with Gasteiger partial charge < -0.3 is 18.6 Å². The number of anilines is 6. The van der Waals surface area contributed by atoms with Crippen molar-refractivity contribution in [2.75, 3.05) is 9.80 Å². The summed E-state index contributed by atoms with van der Waals surface area (Å²) in [4.78, 5) is 36.9. The highest BCUT2D eigenvalue weighted by molar-refractivity contribution is 7.99. The van der Waals surface area contributed by atoms with Crippen LogP contribution < -0.4 is 21.1 Å². The van der Waals surface area contributed by atoms with Crippen molar-refractivity contribution in [1.82, 2.24) is 0 Å². The van der Waals surface area contributed by atoms with E-state index in [1.165, 1.54) is 27.5 Å². The van der Waals surface area contributed by atoms with Crippen LogP contribution in [0.5, 0.6) is 0 Å². The fourth-order valence-corrected chi connectivity index (χ4v) is 15.0. The Balaban J connectivity index is 0.841. The highest BCUT2D eigenvalue weighted by Gasteiger charge is 2.29. The van der Waals surface area contributed by atoms with Gasteiger partial charge in [0.25, 0.3) is 0 Å². The van der Waals surface area contributed by atoms with E-state index in [1.807, 2.05) is 66.7 Å². The first-order valence-electron chi connectivity index (χ1n) is 32.9. The van der Waals surface area contributed by atoms with Crippen molar-refractivity contribution in [3.05, 3.63) is 369 Å². The largest absolute Gasteiger partial charge is 0.422 e. The molecule has 0 radical (unpaired) electrons. The van der Waals surface area contributed by atoms with Gasteiger partial charge in [0, 0.05) is 61.4 Å². The number of fused-ring (bicyclic) bond motifs is 4. The van der Waals surface area contributed by atoms with Gasteiger partial charge >= 0.3 is 11.3 Å². The standard InChI is InChI=1S/C89H66N2O4S/c1-58-26-40-70(41-27-58)90(72-44-34-64(35-45-72)61-16-6-3-7-17-61)74-51-68(33-31-60-30-32-63-20-12-13-22-67(63)50-60)80-56-81(88(92)94-85(80)53-74)69-39-49-79(82(52-69)78-48-38-66-21-14-15-25-77(66)78)83-57-84-86(95-89(83)93)54-75(55-87(84)96-76-23-10-5-11-24-76)91(71-42-28-59(2)29-43-71)73-46-36-65(37-47-73)62-18-8-4-9-19-62/h3-30,32,34-37,39-47,49-57,78H,31,33,38,48H2,1-2H3. The second-order valence-electron chi connectivity index (χ2n) is 25.1. The van der Waals surface area contributed by atoms with Gasteiger partial charge in [0.05, 0.1) is 22.5 Å². The van der Waals surface area contributed by atoms with Crippen LogP contribution in [-0.4, -0.2) is 0 Å². The van der Waals surface area contributed by atoms with Crippen LogP contribution in [0.4, 0.5) is 34.1 Å². The van der Waals surface area contributed by atoms with Crippen molar-refractivity contribution in [3.8, 4) is 44.5 Å². The molecule has 0 fully saturated rings. The van der Waals surface area contributed by atoms with Gasteiger partial charge in [-0.2, -0.15) is 0 Å². The van der Waals surface area contributed by atoms with Gasteiger partial charge in [0.1, 0.15) is 11.2 Å². The first-order valence-corrected chi connectivity index (χ1v) is 33.7. The second kappa shape index (κ2) is 25.8. The molecule has 2 aromatic heterocycles. The molecule has 96 heavy (non-hydrogen) atoms. The molecule has 1 atom stereocenters. The first kappa shape index (κ1) is 59.5. The van der Waals surface area contributed by atoms with E-state index in [0.29, 0.717) is 34.3 Å². The number of hydrogen-bond donors (Lipinski definition) is 0. The van der Waals surface area contributed by atoms with Crippen molar-refractivity contribution in [1.29, 1.82) is 0 Å². The average Bonchev–Trinajstić information content (AvgIpc) is 0.994. The normalized spacial score (nSPS) is 12.7. The van der Waals surface area contributed by atoms with E-state index in [9.17, 15) is 0 Å². The molecular weight excluding hydrogens is 1190 g/mol. The Morgan fingerprint density at radius 2 is 0.875 bits per heavy atom. The Labute approximate surface area is 562 Å². The van der Waals surface area contributed by atoms with Gasteiger partial charge in [-0.25, -0.2) is 9.59 Å². The summed E-state index contributed by atoms with van der Waals surface area (Å²) < 4.78 is 13.4. The van der Waals surface area contributed by atoms with Crippen LogP contribution in [0.3, 0.4) is 0 Å². The first-order chi connectivity index (χ1) is 47.2. The van der Waals surface area contributed by atoms with Crippen molar-refractivity contribution < 1.29 is 8.83 Å². The fraction of sp³-hybridized carbons (Fsp3) is 0.0787. The van der Waals surface area contributed by atoms with E-state index in [2.05, 4.69) is 266 Å². The average molecular weight is 1260 g/mol. The molecule has 1 unspecified atom stereocenters. The van der Waals surface area contributed by atoms with Crippen LogP contribution in [0.1, 0.15) is 51.3 Å². The summed E-state index contributed by atoms with van der Waals surface area (Å²) in [5.41, 5.74) is 20.6. The Morgan fingerprint density at radius 1 is 0.375 bits per heavy atom. The quantitative estimate of drug-likeness (QED) is 0.0893. The highest BCUT2D eigenvalue weighted by Crippen LogP contribution is 2.47. The zero-order chi connectivity index (χ0) is 64.6. The van der Waals surface area contributed by atoms with E-state index < -0.39 is 11.3 Å². The lowest BCUT2D eigenvalue weighted by Gasteiger charge is -2.27. The van der Waals surface area contributed by atoms with Crippen molar-refractivity contribution in [3.63, 3.8) is 0 Å². The minimum atomic E-state index is -0.450. The van der Waals surface area contributed by atoms with Crippen molar-refractivity contribution >= 4 is 78.6 Å². The molecule has 0 bridgehead atoms. The number of aryl methyl sites for hydroxylation is 5. The summed E-state index contributed by atoms with van der Waals surface area (Å²) >= 11 is 1.64. The zero-order valence-corrected chi connectivity index (χ0v) is 54.1. The molecule has 462 valence electrons. The second-order valence-corrected chi connectivity index (χ2v) is 26.2. The molecule has 0 aliphatic heterocycles. The molecule has 6 nitrogen and oxygen atoms in total. The monoisotopic (exact) mass is 1260 g/mol. The number of benzene rings is 13. The van der Waals surface area contributed by atoms with E-state index in [1.54, 1.807) is 11.8 Å². The minimum absolute atomic E-state index is 0.0785. The van der Waals surface area contributed by atoms with Gasteiger partial charge in [-0.15, -0.1) is 0 Å². The Morgan fingerprint density at radius 3 is 1.50 bits per heavy atom. The summed E-state index contributed by atoms with van der Waals surface area (Å²) in [7, 11) is 0. The van der Waals surface area contributed by atoms with Crippen LogP contribution in [-0.2, 0) is 19.3 Å². The predicted octanol–water partition coefficient (Wildman–Crippen LogP) is 23.3. The Kier molecular flexibility index (Phi) is 16.0.